The van der Waals surface area contributed by atoms with E-state index in [2.05, 4.69) is 15.0 Å². The summed E-state index contributed by atoms with van der Waals surface area (Å²) in [6.07, 6.45) is -11.9. The Morgan fingerprint density at radius 2 is 2.05 bits per heavy atom. The maximum Gasteiger partial charge on any atom is 0.417 e. The Kier molecular flexibility index (Phi) is 4.50. The summed E-state index contributed by atoms with van der Waals surface area (Å²) in [5, 5.41) is 23.0. The van der Waals surface area contributed by atoms with E-state index in [9.17, 15) is 23.4 Å². The molecule has 0 bridgehead atoms. The van der Waals surface area contributed by atoms with Crippen molar-refractivity contribution in [2.45, 2.75) is 42.1 Å². The first-order valence-electron chi connectivity index (χ1n) is 5.83. The normalized spacial score (nSPS) is 39.1. The number of methoxy groups -OCH3 is 1. The first-order valence-corrected chi connectivity index (χ1v) is 6.71. The zero-order chi connectivity index (χ0) is 15.1. The summed E-state index contributed by atoms with van der Waals surface area (Å²) >= 11 is 1.07. The minimum atomic E-state index is -4.71. The number of ether oxygens (including phenoxy) is 2. The second kappa shape index (κ2) is 5.68. The third kappa shape index (κ3) is 2.75. The molecule has 0 aromatic heterocycles. The summed E-state index contributed by atoms with van der Waals surface area (Å²) in [7, 11) is 2.47. The van der Waals surface area contributed by atoms with E-state index < -0.39 is 42.1 Å². The van der Waals surface area contributed by atoms with Gasteiger partial charge in [0.2, 0.25) is 0 Å². The molecule has 1 unspecified atom stereocenters. The second-order valence-electron chi connectivity index (χ2n) is 4.44. The maximum atomic E-state index is 12.8. The van der Waals surface area contributed by atoms with Crippen molar-refractivity contribution in [2.24, 2.45) is 4.99 Å². The first kappa shape index (κ1) is 15.8. The molecule has 1 saturated heterocycles. The number of nitrogens with zero attached hydrogens (tertiary/aromatic N) is 1. The number of nitrogens with one attached hydrogen (secondary N) is 1. The number of halogens is 3. The first-order chi connectivity index (χ1) is 9.29. The van der Waals surface area contributed by atoms with Crippen molar-refractivity contribution >= 4 is 16.9 Å². The molecular formula is C10H15F3N2O4S. The molecule has 0 spiro atoms. The van der Waals surface area contributed by atoms with Crippen LogP contribution in [0, 0.1) is 0 Å². The highest BCUT2D eigenvalue weighted by Crippen LogP contribution is 2.39. The van der Waals surface area contributed by atoms with Gasteiger partial charge < -0.3 is 25.0 Å². The zero-order valence-corrected chi connectivity index (χ0v) is 11.5. The largest absolute Gasteiger partial charge is 0.417 e. The van der Waals surface area contributed by atoms with E-state index in [0.29, 0.717) is 5.17 Å². The molecule has 0 radical (unpaired) electrons. The van der Waals surface area contributed by atoms with Gasteiger partial charge in [-0.2, -0.15) is 13.2 Å². The van der Waals surface area contributed by atoms with Crippen LogP contribution in [0.4, 0.5) is 13.2 Å². The number of hydrogen-bond donors (Lipinski definition) is 3. The van der Waals surface area contributed by atoms with Crippen molar-refractivity contribution in [1.29, 1.82) is 0 Å². The molecule has 0 amide bonds. The minimum Gasteiger partial charge on any atom is -0.388 e. The Morgan fingerprint density at radius 3 is 2.55 bits per heavy atom. The van der Waals surface area contributed by atoms with Crippen molar-refractivity contribution < 1.29 is 32.9 Å². The Balaban J connectivity index is 2.19. The molecule has 0 aromatic rings. The van der Waals surface area contributed by atoms with Crippen LogP contribution >= 0.6 is 11.8 Å². The Labute approximate surface area is 117 Å². The fourth-order valence-electron chi connectivity index (χ4n) is 2.21. The zero-order valence-electron chi connectivity index (χ0n) is 10.7. The van der Waals surface area contributed by atoms with Gasteiger partial charge in [0.05, 0.1) is 0 Å². The topological polar surface area (TPSA) is 83.3 Å². The summed E-state index contributed by atoms with van der Waals surface area (Å²) < 4.78 is 48.2. The average molecular weight is 316 g/mol. The van der Waals surface area contributed by atoms with E-state index in [1.165, 1.54) is 0 Å². The minimum absolute atomic E-state index is 0.438. The molecule has 6 nitrogen and oxygen atoms in total. The summed E-state index contributed by atoms with van der Waals surface area (Å²) in [5.41, 5.74) is -0.791. The molecule has 10 heteroatoms. The molecule has 2 heterocycles. The molecule has 2 aliphatic heterocycles. The van der Waals surface area contributed by atoms with Crippen LogP contribution in [0.2, 0.25) is 0 Å². The lowest BCUT2D eigenvalue weighted by Crippen LogP contribution is -2.61. The summed E-state index contributed by atoms with van der Waals surface area (Å²) in [4.78, 5) is 4.05. The number of thioether (sulfide) groups is 1. The van der Waals surface area contributed by atoms with E-state index in [1.54, 1.807) is 7.05 Å². The molecule has 116 valence electrons. The van der Waals surface area contributed by atoms with Crippen LogP contribution in [0.5, 0.6) is 0 Å². The Bertz CT molecular complexity index is 395. The van der Waals surface area contributed by atoms with Crippen molar-refractivity contribution in [3.63, 3.8) is 0 Å². The van der Waals surface area contributed by atoms with Gasteiger partial charge in [-0.1, -0.05) is 11.8 Å². The third-order valence-corrected chi connectivity index (χ3v) is 4.34. The molecule has 3 N–H and O–H groups in total. The fraction of sp³-hybridized carbons (Fsp3) is 0.900. The van der Waals surface area contributed by atoms with Crippen LogP contribution in [-0.2, 0) is 9.47 Å². The fourth-order valence-corrected chi connectivity index (χ4v) is 3.28. The molecule has 0 aromatic carbocycles. The predicted molar refractivity (Wildman–Crippen MR) is 65.4 cm³/mol. The van der Waals surface area contributed by atoms with Gasteiger partial charge >= 0.3 is 6.18 Å². The number of aliphatic hydroxyl groups is 2. The highest BCUT2D eigenvalue weighted by atomic mass is 32.2. The molecule has 20 heavy (non-hydrogen) atoms. The summed E-state index contributed by atoms with van der Waals surface area (Å²) in [6, 6.07) is -0.806. The lowest BCUT2D eigenvalue weighted by atomic mass is 9.94. The van der Waals surface area contributed by atoms with Crippen molar-refractivity contribution in [3.8, 4) is 0 Å². The Morgan fingerprint density at radius 1 is 1.40 bits per heavy atom. The van der Waals surface area contributed by atoms with Crippen LogP contribution in [0.3, 0.4) is 0 Å². The summed E-state index contributed by atoms with van der Waals surface area (Å²) in [6.45, 7) is 0. The van der Waals surface area contributed by atoms with Gasteiger partial charge in [-0.25, -0.2) is 0 Å². The smallest absolute Gasteiger partial charge is 0.388 e. The Hall–Kier alpha value is -0.550. The molecular weight excluding hydrogens is 301 g/mol. The van der Waals surface area contributed by atoms with E-state index in [0.717, 1.165) is 18.9 Å². The van der Waals surface area contributed by atoms with E-state index in [-0.39, 0.29) is 0 Å². The van der Waals surface area contributed by atoms with Crippen molar-refractivity contribution in [1.82, 2.24) is 5.32 Å². The lowest BCUT2D eigenvalue weighted by molar-refractivity contribution is -0.278. The number of aliphatic imine (C=N–C) groups is 1. The van der Waals surface area contributed by atoms with E-state index in [1.807, 2.05) is 0 Å². The maximum absolute atomic E-state index is 12.8. The van der Waals surface area contributed by atoms with Gasteiger partial charge in [0.25, 0.3) is 0 Å². The standard InChI is InChI=1S/C10H15F3N2O4S/c1-14-9-15-3-4(16)5(17)6(19-8(3)20-9)7(18-2)10(11,12)13/h3-8,16-17H,1-2H3,(H,14,15)/t3-,4-,5+,6?,7+,8-/m1/s1. The number of hydrogen-bond acceptors (Lipinski definition) is 7. The van der Waals surface area contributed by atoms with Gasteiger partial charge in [-0.3, -0.25) is 4.99 Å². The SMILES string of the molecule is CNC1=N[C@@H]2[C@@H](O)[C@H](O)C([C@H](OC)C(F)(F)F)O[C@@H]2S1. The predicted octanol–water partition coefficient (Wildman–Crippen LogP) is -0.299. The number of rotatable bonds is 2. The van der Waals surface area contributed by atoms with Crippen LogP contribution in [0.1, 0.15) is 0 Å². The summed E-state index contributed by atoms with van der Waals surface area (Å²) in [5.74, 6) is 0. The highest BCUT2D eigenvalue weighted by Gasteiger charge is 2.56. The molecule has 0 aliphatic carbocycles. The monoisotopic (exact) mass is 316 g/mol. The number of fused-ring (bicyclic) bond motifs is 1. The van der Waals surface area contributed by atoms with Crippen LogP contribution in [0.15, 0.2) is 4.99 Å². The average Bonchev–Trinajstić information content (AvgIpc) is 2.77. The van der Waals surface area contributed by atoms with Gasteiger partial charge in [0.15, 0.2) is 11.3 Å². The van der Waals surface area contributed by atoms with Gasteiger partial charge in [0, 0.05) is 14.2 Å². The highest BCUT2D eigenvalue weighted by molar-refractivity contribution is 8.14. The van der Waals surface area contributed by atoms with Crippen LogP contribution in [0.25, 0.3) is 0 Å². The molecule has 0 saturated carbocycles. The van der Waals surface area contributed by atoms with Crippen molar-refractivity contribution in [2.75, 3.05) is 14.2 Å². The van der Waals surface area contributed by atoms with Crippen LogP contribution < -0.4 is 5.32 Å². The molecule has 6 atom stereocenters. The van der Waals surface area contributed by atoms with Gasteiger partial charge in [0.1, 0.15) is 29.8 Å². The quantitative estimate of drug-likeness (QED) is 0.649. The molecule has 2 rings (SSSR count). The van der Waals surface area contributed by atoms with Gasteiger partial charge in [-0.05, 0) is 0 Å². The lowest BCUT2D eigenvalue weighted by Gasteiger charge is -2.41. The molecule has 1 fully saturated rings. The van der Waals surface area contributed by atoms with Crippen molar-refractivity contribution in [3.05, 3.63) is 0 Å². The molecule has 2 aliphatic rings. The number of alkyl halides is 3. The number of amidine groups is 1. The number of aliphatic hydroxyl groups excluding tert-OH is 2. The van der Waals surface area contributed by atoms with Crippen LogP contribution in [-0.4, -0.2) is 71.6 Å². The van der Waals surface area contributed by atoms with E-state index >= 15 is 0 Å². The van der Waals surface area contributed by atoms with E-state index in [4.69, 9.17) is 4.74 Å². The second-order valence-corrected chi connectivity index (χ2v) is 5.53. The third-order valence-electron chi connectivity index (χ3n) is 3.19. The van der Waals surface area contributed by atoms with Gasteiger partial charge in [-0.15, -0.1) is 0 Å².